The molecule has 1 aliphatic carbocycles. The molecule has 4 heteroatoms. The van der Waals surface area contributed by atoms with Crippen LogP contribution in [0.25, 0.3) is 0 Å². The molecule has 0 aromatic heterocycles. The highest BCUT2D eigenvalue weighted by atomic mass is 15.4. The van der Waals surface area contributed by atoms with Crippen LogP contribution < -0.4 is 11.3 Å². The van der Waals surface area contributed by atoms with Crippen LogP contribution in [0.2, 0.25) is 0 Å². The Hall–Kier alpha value is -1.55. The standard InChI is InChI=1S/C14H22N4/c1-11(2)18(10-12-8-9-12)14(17-15)16-13-6-4-3-5-7-13/h3-7,11-12H,8-10,15H2,1-2H3,(H,16,17). The molecule has 0 spiro atoms. The van der Waals surface area contributed by atoms with Gasteiger partial charge in [-0.15, -0.1) is 0 Å². The van der Waals surface area contributed by atoms with Gasteiger partial charge in [0.05, 0.1) is 5.69 Å². The molecule has 0 unspecified atom stereocenters. The van der Waals surface area contributed by atoms with Gasteiger partial charge in [-0.05, 0) is 44.7 Å². The SMILES string of the molecule is CC(C)N(CC1CC1)C(=Nc1ccccc1)NN. The molecule has 0 bridgehead atoms. The van der Waals surface area contributed by atoms with E-state index >= 15 is 0 Å². The minimum atomic E-state index is 0.393. The van der Waals surface area contributed by atoms with Crippen molar-refractivity contribution in [2.24, 2.45) is 16.8 Å². The van der Waals surface area contributed by atoms with Gasteiger partial charge in [-0.2, -0.15) is 0 Å². The third kappa shape index (κ3) is 3.47. The highest BCUT2D eigenvalue weighted by molar-refractivity contribution is 5.82. The molecular formula is C14H22N4. The first-order valence-electron chi connectivity index (χ1n) is 6.57. The van der Waals surface area contributed by atoms with Crippen LogP contribution in [0.3, 0.4) is 0 Å². The minimum Gasteiger partial charge on any atom is -0.339 e. The van der Waals surface area contributed by atoms with E-state index in [0.717, 1.165) is 24.1 Å². The molecule has 0 amide bonds. The third-order valence-electron chi connectivity index (χ3n) is 3.17. The van der Waals surface area contributed by atoms with E-state index in [1.807, 2.05) is 30.3 Å². The van der Waals surface area contributed by atoms with E-state index < -0.39 is 0 Å². The summed E-state index contributed by atoms with van der Waals surface area (Å²) in [7, 11) is 0. The van der Waals surface area contributed by atoms with Gasteiger partial charge in [-0.1, -0.05) is 18.2 Å². The van der Waals surface area contributed by atoms with Gasteiger partial charge in [0, 0.05) is 12.6 Å². The van der Waals surface area contributed by atoms with Crippen LogP contribution in [-0.2, 0) is 0 Å². The van der Waals surface area contributed by atoms with Crippen LogP contribution in [0, 0.1) is 5.92 Å². The lowest BCUT2D eigenvalue weighted by Crippen LogP contribution is -2.48. The summed E-state index contributed by atoms with van der Waals surface area (Å²) in [5.41, 5.74) is 3.66. The Morgan fingerprint density at radius 1 is 1.39 bits per heavy atom. The molecule has 0 aliphatic heterocycles. The molecule has 0 atom stereocenters. The Morgan fingerprint density at radius 2 is 2.06 bits per heavy atom. The van der Waals surface area contributed by atoms with Gasteiger partial charge in [-0.25, -0.2) is 10.8 Å². The summed E-state index contributed by atoms with van der Waals surface area (Å²) in [5, 5.41) is 0. The van der Waals surface area contributed by atoms with Gasteiger partial charge in [0.1, 0.15) is 0 Å². The summed E-state index contributed by atoms with van der Waals surface area (Å²) in [6.07, 6.45) is 2.65. The van der Waals surface area contributed by atoms with Crippen LogP contribution in [0.5, 0.6) is 0 Å². The molecule has 0 heterocycles. The van der Waals surface area contributed by atoms with Crippen LogP contribution in [0.4, 0.5) is 5.69 Å². The minimum absolute atomic E-state index is 0.393. The summed E-state index contributed by atoms with van der Waals surface area (Å²) >= 11 is 0. The molecule has 4 nitrogen and oxygen atoms in total. The van der Waals surface area contributed by atoms with Gasteiger partial charge in [0.15, 0.2) is 0 Å². The van der Waals surface area contributed by atoms with Crippen LogP contribution in [0.1, 0.15) is 26.7 Å². The van der Waals surface area contributed by atoms with Gasteiger partial charge in [0.2, 0.25) is 5.96 Å². The van der Waals surface area contributed by atoms with Crippen LogP contribution >= 0.6 is 0 Å². The number of hydrazine groups is 1. The number of hydrogen-bond donors (Lipinski definition) is 2. The zero-order valence-corrected chi connectivity index (χ0v) is 11.1. The topological polar surface area (TPSA) is 53.6 Å². The number of aliphatic imine (C=N–C) groups is 1. The second kappa shape index (κ2) is 5.87. The lowest BCUT2D eigenvalue weighted by molar-refractivity contribution is 0.325. The molecule has 1 fully saturated rings. The molecule has 2 rings (SSSR count). The molecular weight excluding hydrogens is 224 g/mol. The Morgan fingerprint density at radius 3 is 2.56 bits per heavy atom. The van der Waals surface area contributed by atoms with Gasteiger partial charge in [-0.3, -0.25) is 5.43 Å². The van der Waals surface area contributed by atoms with Gasteiger partial charge in [0.25, 0.3) is 0 Å². The maximum atomic E-state index is 5.63. The summed E-state index contributed by atoms with van der Waals surface area (Å²) in [4.78, 5) is 6.83. The number of para-hydroxylation sites is 1. The normalized spacial score (nSPS) is 15.9. The monoisotopic (exact) mass is 246 g/mol. The average molecular weight is 246 g/mol. The quantitative estimate of drug-likeness (QED) is 0.371. The smallest absolute Gasteiger partial charge is 0.213 e. The predicted octanol–water partition coefficient (Wildman–Crippen LogP) is 2.26. The molecule has 1 aromatic rings. The van der Waals surface area contributed by atoms with Crippen molar-refractivity contribution >= 4 is 11.6 Å². The molecule has 1 saturated carbocycles. The Kier molecular flexibility index (Phi) is 4.20. The van der Waals surface area contributed by atoms with Crippen LogP contribution in [0.15, 0.2) is 35.3 Å². The maximum Gasteiger partial charge on any atom is 0.213 e. The van der Waals surface area contributed by atoms with Crippen molar-refractivity contribution in [1.29, 1.82) is 0 Å². The molecule has 0 radical (unpaired) electrons. The van der Waals surface area contributed by atoms with Crippen molar-refractivity contribution in [3.8, 4) is 0 Å². The van der Waals surface area contributed by atoms with Crippen molar-refractivity contribution in [2.75, 3.05) is 6.54 Å². The predicted molar refractivity (Wildman–Crippen MR) is 75.4 cm³/mol. The number of nitrogens with two attached hydrogens (primary N) is 1. The molecule has 18 heavy (non-hydrogen) atoms. The third-order valence-corrected chi connectivity index (χ3v) is 3.17. The molecule has 98 valence electrons. The number of hydrogen-bond acceptors (Lipinski definition) is 2. The van der Waals surface area contributed by atoms with E-state index in [9.17, 15) is 0 Å². The fourth-order valence-electron chi connectivity index (χ4n) is 1.92. The Balaban J connectivity index is 2.15. The number of guanidine groups is 1. The second-order valence-electron chi connectivity index (χ2n) is 5.10. The van der Waals surface area contributed by atoms with Crippen molar-refractivity contribution in [1.82, 2.24) is 10.3 Å². The maximum absolute atomic E-state index is 5.63. The zero-order chi connectivity index (χ0) is 13.0. The fraction of sp³-hybridized carbons (Fsp3) is 0.500. The molecule has 3 N–H and O–H groups in total. The number of nitrogens with zero attached hydrogens (tertiary/aromatic N) is 2. The lowest BCUT2D eigenvalue weighted by Gasteiger charge is -2.29. The van der Waals surface area contributed by atoms with Crippen molar-refractivity contribution < 1.29 is 0 Å². The van der Waals surface area contributed by atoms with E-state index in [2.05, 4.69) is 29.2 Å². The summed E-state index contributed by atoms with van der Waals surface area (Å²) < 4.78 is 0. The first-order chi connectivity index (χ1) is 8.70. The average Bonchev–Trinajstić information content (AvgIpc) is 3.18. The van der Waals surface area contributed by atoms with Crippen LogP contribution in [-0.4, -0.2) is 23.4 Å². The van der Waals surface area contributed by atoms with Crippen molar-refractivity contribution in [2.45, 2.75) is 32.7 Å². The van der Waals surface area contributed by atoms with E-state index in [0.29, 0.717) is 6.04 Å². The lowest BCUT2D eigenvalue weighted by atomic mass is 10.3. The van der Waals surface area contributed by atoms with Gasteiger partial charge < -0.3 is 4.90 Å². The van der Waals surface area contributed by atoms with E-state index in [-0.39, 0.29) is 0 Å². The van der Waals surface area contributed by atoms with E-state index in [1.54, 1.807) is 0 Å². The number of rotatable bonds is 4. The fourth-order valence-corrected chi connectivity index (χ4v) is 1.92. The van der Waals surface area contributed by atoms with Crippen molar-refractivity contribution in [3.05, 3.63) is 30.3 Å². The first kappa shape index (κ1) is 12.9. The highest BCUT2D eigenvalue weighted by Crippen LogP contribution is 2.30. The summed E-state index contributed by atoms with van der Waals surface area (Å²) in [6.45, 7) is 5.37. The first-order valence-corrected chi connectivity index (χ1v) is 6.57. The molecule has 1 aromatic carbocycles. The molecule has 0 saturated heterocycles. The highest BCUT2D eigenvalue weighted by Gasteiger charge is 2.27. The summed E-state index contributed by atoms with van der Waals surface area (Å²) in [5.74, 6) is 7.19. The number of nitrogens with one attached hydrogen (secondary N) is 1. The summed E-state index contributed by atoms with van der Waals surface area (Å²) in [6, 6.07) is 10.3. The number of benzene rings is 1. The van der Waals surface area contributed by atoms with Gasteiger partial charge >= 0.3 is 0 Å². The Bertz CT molecular complexity index is 396. The zero-order valence-electron chi connectivity index (χ0n) is 11.1. The van der Waals surface area contributed by atoms with E-state index in [1.165, 1.54) is 12.8 Å². The Labute approximate surface area is 109 Å². The van der Waals surface area contributed by atoms with Crippen molar-refractivity contribution in [3.63, 3.8) is 0 Å². The largest absolute Gasteiger partial charge is 0.339 e. The second-order valence-corrected chi connectivity index (χ2v) is 5.10. The van der Waals surface area contributed by atoms with E-state index in [4.69, 9.17) is 5.84 Å². The molecule has 1 aliphatic rings.